The minimum Gasteiger partial charge on any atom is -0.494 e. The summed E-state index contributed by atoms with van der Waals surface area (Å²) in [6, 6.07) is 0. The number of pyridine rings is 1. The highest BCUT2D eigenvalue weighted by atomic mass is 32.2. The fourth-order valence-corrected chi connectivity index (χ4v) is 2.70. The number of nitrogens with two attached hydrogens (primary N) is 1. The van der Waals surface area contributed by atoms with Crippen molar-refractivity contribution >= 4 is 15.7 Å². The molecule has 0 aliphatic rings. The first-order valence-electron chi connectivity index (χ1n) is 4.51. The average molecular weight is 260 g/mol. The number of amides is 1. The van der Waals surface area contributed by atoms with Gasteiger partial charge in [-0.15, -0.1) is 0 Å². The number of nitrogens with zero attached hydrogens (tertiary/aromatic N) is 1. The predicted molar refractivity (Wildman–Crippen MR) is 59.7 cm³/mol. The van der Waals surface area contributed by atoms with Crippen molar-refractivity contribution < 1.29 is 18.3 Å². The van der Waals surface area contributed by atoms with Crippen molar-refractivity contribution in [2.45, 2.75) is 11.8 Å². The maximum Gasteiger partial charge on any atom is 0.272 e. The third kappa shape index (κ3) is 2.03. The van der Waals surface area contributed by atoms with E-state index in [-0.39, 0.29) is 11.1 Å². The van der Waals surface area contributed by atoms with Gasteiger partial charge in [0.05, 0.1) is 0 Å². The van der Waals surface area contributed by atoms with Gasteiger partial charge in [0.1, 0.15) is 10.5 Å². The highest BCUT2D eigenvalue weighted by molar-refractivity contribution is 7.90. The van der Waals surface area contributed by atoms with E-state index in [9.17, 15) is 23.1 Å². The van der Waals surface area contributed by atoms with E-state index in [2.05, 4.69) is 0 Å². The summed E-state index contributed by atoms with van der Waals surface area (Å²) in [7, 11) is -2.66. The zero-order valence-corrected chi connectivity index (χ0v) is 10.3. The van der Waals surface area contributed by atoms with Crippen molar-refractivity contribution in [2.75, 3.05) is 6.26 Å². The van der Waals surface area contributed by atoms with Gasteiger partial charge in [-0.1, -0.05) is 0 Å². The topological polar surface area (TPSA) is 119 Å². The molecule has 0 saturated heterocycles. The Morgan fingerprint density at radius 3 is 2.24 bits per heavy atom. The van der Waals surface area contributed by atoms with Gasteiger partial charge in [-0.05, 0) is 12.5 Å². The molecule has 1 aromatic rings. The van der Waals surface area contributed by atoms with Crippen LogP contribution in [0.1, 0.15) is 15.9 Å². The Bertz CT molecular complexity index is 657. The second kappa shape index (κ2) is 3.88. The third-order valence-corrected chi connectivity index (χ3v) is 3.60. The Morgan fingerprint density at radius 1 is 1.41 bits per heavy atom. The molecule has 3 N–H and O–H groups in total. The number of primary amides is 1. The maximum atomic E-state index is 11.7. The molecule has 17 heavy (non-hydrogen) atoms. The van der Waals surface area contributed by atoms with Crippen molar-refractivity contribution in [2.24, 2.45) is 12.8 Å². The average Bonchev–Trinajstić information content (AvgIpc) is 2.11. The van der Waals surface area contributed by atoms with Gasteiger partial charge in [-0.25, -0.2) is 8.42 Å². The second-order valence-corrected chi connectivity index (χ2v) is 5.61. The molecule has 0 spiro atoms. The molecule has 0 saturated carbocycles. The van der Waals surface area contributed by atoms with Crippen molar-refractivity contribution in [1.82, 2.24) is 4.57 Å². The number of aromatic hydroxyl groups is 1. The first-order valence-corrected chi connectivity index (χ1v) is 6.40. The lowest BCUT2D eigenvalue weighted by Gasteiger charge is -2.12. The Balaban J connectivity index is 4.02. The molecule has 7 nitrogen and oxygen atoms in total. The summed E-state index contributed by atoms with van der Waals surface area (Å²) in [4.78, 5) is 22.3. The van der Waals surface area contributed by atoms with Crippen molar-refractivity contribution in [3.63, 3.8) is 0 Å². The predicted octanol–water partition coefficient (Wildman–Crippen LogP) is -1.10. The molecule has 1 amide bonds. The molecule has 1 aromatic heterocycles. The zero-order chi connectivity index (χ0) is 13.5. The van der Waals surface area contributed by atoms with Crippen LogP contribution >= 0.6 is 0 Å². The fraction of sp³-hybridized carbons (Fsp3) is 0.333. The highest BCUT2D eigenvalue weighted by Gasteiger charge is 2.25. The molecule has 94 valence electrons. The summed E-state index contributed by atoms with van der Waals surface area (Å²) < 4.78 is 23.6. The van der Waals surface area contributed by atoms with Crippen molar-refractivity contribution in [1.29, 1.82) is 0 Å². The standard InChI is InChI=1S/C9H12N2O5S/c1-4-5(7(10)12)8(13)11(2)9(14)6(4)17(3,15)16/h13H,1-3H3,(H2,10,12). The van der Waals surface area contributed by atoms with Crippen LogP contribution in [0.4, 0.5) is 0 Å². The van der Waals surface area contributed by atoms with Crippen LogP contribution in [0.15, 0.2) is 9.69 Å². The van der Waals surface area contributed by atoms with Crippen molar-refractivity contribution in [3.8, 4) is 5.88 Å². The van der Waals surface area contributed by atoms with Gasteiger partial charge in [-0.3, -0.25) is 14.2 Å². The molecule has 0 aromatic carbocycles. The number of carbonyl (C=O) groups is 1. The number of aromatic nitrogens is 1. The van der Waals surface area contributed by atoms with E-state index in [4.69, 9.17) is 5.73 Å². The van der Waals surface area contributed by atoms with E-state index in [1.54, 1.807) is 0 Å². The van der Waals surface area contributed by atoms with Crippen LogP contribution in [0, 0.1) is 6.92 Å². The molecule has 0 atom stereocenters. The van der Waals surface area contributed by atoms with Crippen molar-refractivity contribution in [3.05, 3.63) is 21.5 Å². The van der Waals surface area contributed by atoms with Crippen LogP contribution in [0.25, 0.3) is 0 Å². The van der Waals surface area contributed by atoms with E-state index in [1.807, 2.05) is 0 Å². The number of hydrogen-bond donors (Lipinski definition) is 2. The monoisotopic (exact) mass is 260 g/mol. The van der Waals surface area contributed by atoms with Gasteiger partial charge >= 0.3 is 0 Å². The fourth-order valence-electron chi connectivity index (χ4n) is 1.59. The van der Waals surface area contributed by atoms with Crippen LogP contribution in [0.3, 0.4) is 0 Å². The highest BCUT2D eigenvalue weighted by Crippen LogP contribution is 2.22. The number of sulfone groups is 1. The van der Waals surface area contributed by atoms with E-state index < -0.39 is 32.1 Å². The molecule has 8 heteroatoms. The molecule has 0 unspecified atom stereocenters. The quantitative estimate of drug-likeness (QED) is 0.699. The lowest BCUT2D eigenvalue weighted by atomic mass is 10.1. The summed E-state index contributed by atoms with van der Waals surface area (Å²) in [6.45, 7) is 1.25. The summed E-state index contributed by atoms with van der Waals surface area (Å²) >= 11 is 0. The Labute approximate surface area is 97.4 Å². The minimum atomic E-state index is -3.81. The van der Waals surface area contributed by atoms with Gasteiger partial charge in [0.15, 0.2) is 9.84 Å². The third-order valence-electron chi connectivity index (χ3n) is 2.37. The van der Waals surface area contributed by atoms with Crippen LogP contribution in [-0.2, 0) is 16.9 Å². The lowest BCUT2D eigenvalue weighted by molar-refractivity contribution is 0.0995. The molecule has 1 heterocycles. The summed E-state index contributed by atoms with van der Waals surface area (Å²) in [5.74, 6) is -1.65. The van der Waals surface area contributed by atoms with Crippen LogP contribution in [0.5, 0.6) is 5.88 Å². The SMILES string of the molecule is Cc1c(C(N)=O)c(O)n(C)c(=O)c1S(C)(=O)=O. The lowest BCUT2D eigenvalue weighted by Crippen LogP contribution is -2.29. The zero-order valence-electron chi connectivity index (χ0n) is 9.51. The van der Waals surface area contributed by atoms with E-state index in [0.717, 1.165) is 13.3 Å². The number of hydrogen-bond acceptors (Lipinski definition) is 5. The first kappa shape index (κ1) is 13.2. The maximum absolute atomic E-state index is 11.7. The Kier molecular flexibility index (Phi) is 3.02. The summed E-state index contributed by atoms with van der Waals surface area (Å²) in [5.41, 5.74) is 3.64. The summed E-state index contributed by atoms with van der Waals surface area (Å²) in [6.07, 6.45) is 0.846. The Hall–Kier alpha value is -1.83. The Morgan fingerprint density at radius 2 is 1.88 bits per heavy atom. The van der Waals surface area contributed by atoms with Gasteiger partial charge in [0.25, 0.3) is 11.5 Å². The van der Waals surface area contributed by atoms with Gasteiger partial charge in [0, 0.05) is 13.3 Å². The molecule has 1 rings (SSSR count). The van der Waals surface area contributed by atoms with Crippen LogP contribution in [0.2, 0.25) is 0 Å². The minimum absolute atomic E-state index is 0.138. The molecule has 0 fully saturated rings. The molecular formula is C9H12N2O5S. The molecular weight excluding hydrogens is 248 g/mol. The van der Waals surface area contributed by atoms with Gasteiger partial charge in [0.2, 0.25) is 5.88 Å². The number of carbonyl (C=O) groups excluding carboxylic acids is 1. The molecule has 0 bridgehead atoms. The van der Waals surface area contributed by atoms with Crippen LogP contribution in [-0.4, -0.2) is 30.3 Å². The van der Waals surface area contributed by atoms with Gasteiger partial charge in [-0.2, -0.15) is 0 Å². The first-order chi connectivity index (χ1) is 7.59. The van der Waals surface area contributed by atoms with Gasteiger partial charge < -0.3 is 10.8 Å². The molecule has 0 aliphatic heterocycles. The largest absolute Gasteiger partial charge is 0.494 e. The van der Waals surface area contributed by atoms with E-state index >= 15 is 0 Å². The smallest absolute Gasteiger partial charge is 0.272 e. The number of rotatable bonds is 2. The molecule has 0 radical (unpaired) electrons. The normalized spacial score (nSPS) is 11.5. The van der Waals surface area contributed by atoms with Crippen LogP contribution < -0.4 is 11.3 Å². The van der Waals surface area contributed by atoms with E-state index in [1.165, 1.54) is 6.92 Å². The second-order valence-electron chi connectivity index (χ2n) is 3.65. The molecule has 0 aliphatic carbocycles. The van der Waals surface area contributed by atoms with E-state index in [0.29, 0.717) is 4.57 Å². The summed E-state index contributed by atoms with van der Waals surface area (Å²) in [5, 5.41) is 9.59.